The molecule has 0 atom stereocenters. The normalized spacial score (nSPS) is 11.4. The van der Waals surface area contributed by atoms with Gasteiger partial charge in [-0.3, -0.25) is 0 Å². The average Bonchev–Trinajstić information content (AvgIpc) is 1.42. The van der Waals surface area contributed by atoms with Crippen LogP contribution in [-0.4, -0.2) is 95.0 Å². The molecule has 0 aliphatic carbocycles. The van der Waals surface area contributed by atoms with Crippen molar-refractivity contribution in [2.75, 3.05) is 0 Å². The second-order valence-electron chi connectivity index (χ2n) is 1.58. The van der Waals surface area contributed by atoms with Gasteiger partial charge in [-0.2, -0.15) is 4.31 Å². The topological polar surface area (TPSA) is 202 Å². The number of hydrogen-bond acceptors (Lipinski definition) is 4. The zero-order chi connectivity index (χ0) is 12.2. The Labute approximate surface area is 141 Å². The van der Waals surface area contributed by atoms with Crippen LogP contribution in [0.25, 0.3) is 0 Å². The summed E-state index contributed by atoms with van der Waals surface area (Å²) in [5, 5.41) is 0. The molecule has 0 unspecified atom stereocenters. The van der Waals surface area contributed by atoms with Crippen molar-refractivity contribution in [2.24, 2.45) is 0 Å². The largest absolute Gasteiger partial charge is 2.00 e. The number of hydrogen-bond donors (Lipinski definition) is 7. The Hall–Kier alpha value is 2.40. The molecule has 0 saturated carbocycles. The van der Waals surface area contributed by atoms with Crippen LogP contribution >= 0.6 is 23.5 Å². The molecule has 0 saturated heterocycles. The average molecular weight is 344 g/mol. The molecule has 0 rings (SSSR count). The van der Waals surface area contributed by atoms with E-state index in [0.717, 1.165) is 0 Å². The minimum absolute atomic E-state index is 0. The van der Waals surface area contributed by atoms with E-state index < -0.39 is 23.5 Å². The van der Waals surface area contributed by atoms with Crippen LogP contribution in [0.4, 0.5) is 0 Å². The summed E-state index contributed by atoms with van der Waals surface area (Å²) in [4.78, 5) is 52.6. The van der Waals surface area contributed by atoms with Gasteiger partial charge in [0.2, 0.25) is 0 Å². The van der Waals surface area contributed by atoms with Crippen molar-refractivity contribution in [1.29, 1.82) is 0 Å². The fraction of sp³-hybridized carbons (Fsp3) is 0. The summed E-state index contributed by atoms with van der Waals surface area (Å²) < 4.78 is 31.1. The molecular formula is H11CaMgO11P3. The zero-order valence-electron chi connectivity index (χ0n) is 11.5. The molecule has 16 heteroatoms. The molecule has 0 aromatic heterocycles. The zero-order valence-corrected chi connectivity index (χ0v) is 13.8. The number of rotatable bonds is 2. The van der Waals surface area contributed by atoms with Crippen molar-refractivity contribution in [3.63, 3.8) is 0 Å². The van der Waals surface area contributed by atoms with E-state index >= 15 is 0 Å². The molecule has 7 N–H and O–H groups in total. The molecule has 0 amide bonds. The Bertz CT molecular complexity index is 279. The molecule has 0 fully saturated rings. The van der Waals surface area contributed by atoms with Gasteiger partial charge < -0.3 is 40.0 Å². The Balaban J connectivity index is -0.0000000199. The molecule has 0 bridgehead atoms. The fourth-order valence-corrected chi connectivity index (χ4v) is 1.25. The Morgan fingerprint density at radius 2 is 0.875 bits per heavy atom. The third kappa shape index (κ3) is 55.1. The molecular weight excluding hydrogens is 333 g/mol. The van der Waals surface area contributed by atoms with Crippen molar-refractivity contribution in [1.82, 2.24) is 0 Å². The molecule has 96 valence electrons. The van der Waals surface area contributed by atoms with Crippen molar-refractivity contribution in [3.8, 4) is 0 Å². The minimum Gasteiger partial charge on any atom is -1.00 e. The predicted octanol–water partition coefficient (Wildman–Crippen LogP) is -2.05. The van der Waals surface area contributed by atoms with E-state index in [1.54, 1.807) is 0 Å². The van der Waals surface area contributed by atoms with Crippen LogP contribution < -0.4 is 0 Å². The Morgan fingerprint density at radius 3 is 0.875 bits per heavy atom. The van der Waals surface area contributed by atoms with E-state index in [2.05, 4.69) is 4.31 Å². The van der Waals surface area contributed by atoms with Crippen molar-refractivity contribution < 1.29 is 58.0 Å². The van der Waals surface area contributed by atoms with Gasteiger partial charge in [0.1, 0.15) is 0 Å². The maximum absolute atomic E-state index is 9.63. The molecule has 0 spiro atoms. The summed E-state index contributed by atoms with van der Waals surface area (Å²) in [5.41, 5.74) is 0. The molecule has 0 aromatic rings. The first kappa shape index (κ1) is 26.9. The van der Waals surface area contributed by atoms with Crippen LogP contribution in [0.3, 0.4) is 0 Å². The second kappa shape index (κ2) is 10.2. The first-order chi connectivity index (χ1) is 5.71. The maximum Gasteiger partial charge on any atom is 2.00 e. The van der Waals surface area contributed by atoms with Gasteiger partial charge in [0.05, 0.1) is 0 Å². The summed E-state index contributed by atoms with van der Waals surface area (Å²) in [6.45, 7) is 0. The molecule has 0 aromatic carbocycles. The second-order valence-corrected chi connectivity index (χ2v) is 5.22. The quantitative estimate of drug-likeness (QED) is 0.214. The molecule has 0 aliphatic rings. The van der Waals surface area contributed by atoms with Gasteiger partial charge in [-0.1, -0.05) is 0 Å². The van der Waals surface area contributed by atoms with Crippen LogP contribution in [0.5, 0.6) is 0 Å². The molecule has 0 radical (unpaired) electrons. The van der Waals surface area contributed by atoms with Crippen molar-refractivity contribution in [2.45, 2.75) is 0 Å². The van der Waals surface area contributed by atoms with E-state index in [0.29, 0.717) is 0 Å². The van der Waals surface area contributed by atoms with E-state index in [1.807, 2.05) is 0 Å². The SMILES string of the molecule is O=P(O)(O)O.O=P(O)(O)OP(=O)(O)O.[Ca+2].[H-].[H-].[H-].[H-].[Mg+2]. The summed E-state index contributed by atoms with van der Waals surface area (Å²) in [6, 6.07) is 0. The van der Waals surface area contributed by atoms with Crippen LogP contribution in [-0.2, 0) is 18.0 Å². The third-order valence-corrected chi connectivity index (χ3v) is 1.91. The fourth-order valence-electron chi connectivity index (χ4n) is 0.139. The van der Waals surface area contributed by atoms with Crippen LogP contribution in [0.2, 0.25) is 0 Å². The van der Waals surface area contributed by atoms with Crippen molar-refractivity contribution in [3.05, 3.63) is 0 Å². The first-order valence-corrected chi connectivity index (χ1v) is 6.94. The van der Waals surface area contributed by atoms with Crippen LogP contribution in [0.1, 0.15) is 5.71 Å². The number of phosphoric acid groups is 3. The smallest absolute Gasteiger partial charge is 1.00 e. The summed E-state index contributed by atoms with van der Waals surface area (Å²) in [7, 11) is -14.7. The summed E-state index contributed by atoms with van der Waals surface area (Å²) in [6.07, 6.45) is 0. The van der Waals surface area contributed by atoms with Crippen molar-refractivity contribution >= 4 is 84.3 Å². The monoisotopic (exact) mass is 344 g/mol. The summed E-state index contributed by atoms with van der Waals surface area (Å²) >= 11 is 0. The van der Waals surface area contributed by atoms with E-state index in [1.165, 1.54) is 0 Å². The standard InChI is InChI=1S/Ca.Mg.H4O7P2.H3O4P.4H/c;;1-8(2,3)7-9(4,5)6;1-5(2,3)4;;;;/h;;(H2,1,2,3)(H2,4,5,6);(H3,1,2,3,4);;;;/q2*+2;;;4*-1. The Kier molecular flexibility index (Phi) is 17.2. The molecule has 11 nitrogen and oxygen atoms in total. The first-order valence-electron chi connectivity index (χ1n) is 2.31. The van der Waals surface area contributed by atoms with Gasteiger partial charge in [-0.05, 0) is 0 Å². The molecule has 0 aliphatic heterocycles. The van der Waals surface area contributed by atoms with Gasteiger partial charge in [0.25, 0.3) is 0 Å². The van der Waals surface area contributed by atoms with Gasteiger partial charge >= 0.3 is 84.3 Å². The molecule has 16 heavy (non-hydrogen) atoms. The van der Waals surface area contributed by atoms with Crippen LogP contribution in [0, 0.1) is 0 Å². The van der Waals surface area contributed by atoms with Gasteiger partial charge in [0.15, 0.2) is 0 Å². The van der Waals surface area contributed by atoms with E-state index in [-0.39, 0.29) is 66.5 Å². The molecule has 0 heterocycles. The third-order valence-electron chi connectivity index (χ3n) is 0.213. The Morgan fingerprint density at radius 1 is 0.750 bits per heavy atom. The van der Waals surface area contributed by atoms with Gasteiger partial charge in [0, 0.05) is 0 Å². The van der Waals surface area contributed by atoms with Gasteiger partial charge in [-0.25, -0.2) is 13.7 Å². The summed E-state index contributed by atoms with van der Waals surface area (Å²) in [5.74, 6) is 0. The predicted molar refractivity (Wildman–Crippen MR) is 55.4 cm³/mol. The van der Waals surface area contributed by atoms with Crippen LogP contribution in [0.15, 0.2) is 0 Å². The minimum atomic E-state index is -5.05. The van der Waals surface area contributed by atoms with E-state index in [4.69, 9.17) is 38.8 Å². The van der Waals surface area contributed by atoms with E-state index in [9.17, 15) is 9.13 Å². The van der Waals surface area contributed by atoms with Gasteiger partial charge in [-0.15, -0.1) is 0 Å². The maximum atomic E-state index is 9.63.